The summed E-state index contributed by atoms with van der Waals surface area (Å²) in [6.45, 7) is 8.59. The molecule has 0 fully saturated rings. The highest BCUT2D eigenvalue weighted by atomic mass is 16.5. The normalized spacial score (nSPS) is 13.6. The highest BCUT2D eigenvalue weighted by Gasteiger charge is 2.02. The molecule has 0 aliphatic carbocycles. The van der Waals surface area contributed by atoms with Crippen LogP contribution in [0.3, 0.4) is 0 Å². The highest BCUT2D eigenvalue weighted by Crippen LogP contribution is 1.88. The van der Waals surface area contributed by atoms with Crippen molar-refractivity contribution in [2.45, 2.75) is 25.9 Å². The van der Waals surface area contributed by atoms with E-state index < -0.39 is 0 Å². The Morgan fingerprint density at radius 1 is 1.60 bits per heavy atom. The Kier molecular flexibility index (Phi) is 5.26. The fourth-order valence-electron chi connectivity index (χ4n) is 0.792. The van der Waals surface area contributed by atoms with Crippen molar-refractivity contribution in [3.63, 3.8) is 0 Å². The highest BCUT2D eigenvalue weighted by molar-refractivity contribution is 4.86. The molecule has 0 aliphatic rings. The largest absolute Gasteiger partial charge is 0.383 e. The number of hydrogen-bond acceptors (Lipinski definition) is 2. The molecule has 0 aromatic carbocycles. The molecule has 0 spiro atoms. The van der Waals surface area contributed by atoms with E-state index in [-0.39, 0.29) is 6.04 Å². The molecule has 60 valence electrons. The number of rotatable bonds is 5. The van der Waals surface area contributed by atoms with Crippen LogP contribution in [0, 0.1) is 0 Å². The zero-order chi connectivity index (χ0) is 7.98. The quantitative estimate of drug-likeness (QED) is 0.584. The Labute approximate surface area is 63.3 Å². The summed E-state index contributed by atoms with van der Waals surface area (Å²) in [4.78, 5) is 0. The van der Waals surface area contributed by atoms with Gasteiger partial charge in [-0.1, -0.05) is 19.9 Å². The summed E-state index contributed by atoms with van der Waals surface area (Å²) < 4.78 is 4.96. The van der Waals surface area contributed by atoms with Crippen molar-refractivity contribution in [2.24, 2.45) is 0 Å². The Hall–Kier alpha value is -0.340. The van der Waals surface area contributed by atoms with E-state index in [2.05, 4.69) is 25.7 Å². The zero-order valence-corrected chi connectivity index (χ0v) is 7.05. The molecule has 1 N–H and O–H groups in total. The van der Waals surface area contributed by atoms with Gasteiger partial charge in [-0.2, -0.15) is 0 Å². The maximum Gasteiger partial charge on any atom is 0.0651 e. The lowest BCUT2D eigenvalue weighted by atomic mass is 10.2. The van der Waals surface area contributed by atoms with Gasteiger partial charge in [0.15, 0.2) is 0 Å². The first-order valence-corrected chi connectivity index (χ1v) is 3.58. The van der Waals surface area contributed by atoms with Crippen LogP contribution in [0.5, 0.6) is 0 Å². The molecule has 2 heteroatoms. The van der Waals surface area contributed by atoms with Crippen LogP contribution >= 0.6 is 0 Å². The van der Waals surface area contributed by atoms with Crippen molar-refractivity contribution in [3.05, 3.63) is 12.7 Å². The van der Waals surface area contributed by atoms with Crippen LogP contribution in [-0.4, -0.2) is 25.8 Å². The van der Waals surface area contributed by atoms with Gasteiger partial charge in [-0.3, -0.25) is 0 Å². The molecule has 0 radical (unpaired) electrons. The molecule has 0 heterocycles. The molecule has 0 aromatic heterocycles. The first-order chi connectivity index (χ1) is 4.70. The minimum atomic E-state index is 0.282. The molecule has 0 saturated heterocycles. The van der Waals surface area contributed by atoms with Gasteiger partial charge in [0.05, 0.1) is 6.61 Å². The molecule has 2 nitrogen and oxygen atoms in total. The van der Waals surface area contributed by atoms with Crippen molar-refractivity contribution in [3.8, 4) is 0 Å². The summed E-state index contributed by atoms with van der Waals surface area (Å²) >= 11 is 0. The van der Waals surface area contributed by atoms with E-state index in [1.54, 1.807) is 7.11 Å². The van der Waals surface area contributed by atoms with Crippen LogP contribution in [0.2, 0.25) is 0 Å². The van der Waals surface area contributed by atoms with Crippen LogP contribution in [0.1, 0.15) is 13.8 Å². The predicted octanol–water partition coefficient (Wildman–Crippen LogP) is 1.19. The van der Waals surface area contributed by atoms with Crippen molar-refractivity contribution in [1.82, 2.24) is 5.32 Å². The maximum absolute atomic E-state index is 4.96. The average molecular weight is 143 g/mol. The Bertz CT molecular complexity index is 91.3. The van der Waals surface area contributed by atoms with Gasteiger partial charge < -0.3 is 10.1 Å². The molecular weight excluding hydrogens is 126 g/mol. The lowest BCUT2D eigenvalue weighted by molar-refractivity contribution is 0.177. The van der Waals surface area contributed by atoms with Gasteiger partial charge in [0.25, 0.3) is 0 Å². The standard InChI is InChI=1S/C8H17NO/c1-5-8(6-10-4)9-7(2)3/h5,7-9H,1,6H2,2-4H3/t8-/m1/s1. The molecule has 0 aromatic rings. The Morgan fingerprint density at radius 2 is 2.20 bits per heavy atom. The molecule has 0 rings (SSSR count). The lowest BCUT2D eigenvalue weighted by Crippen LogP contribution is -2.36. The van der Waals surface area contributed by atoms with E-state index in [4.69, 9.17) is 4.74 Å². The van der Waals surface area contributed by atoms with E-state index in [1.807, 2.05) is 6.08 Å². The van der Waals surface area contributed by atoms with Gasteiger partial charge in [0, 0.05) is 19.2 Å². The molecule has 10 heavy (non-hydrogen) atoms. The smallest absolute Gasteiger partial charge is 0.0651 e. The van der Waals surface area contributed by atoms with Gasteiger partial charge in [0.2, 0.25) is 0 Å². The third-order valence-corrected chi connectivity index (χ3v) is 1.18. The maximum atomic E-state index is 4.96. The summed E-state index contributed by atoms with van der Waals surface area (Å²) in [7, 11) is 1.69. The van der Waals surface area contributed by atoms with Gasteiger partial charge in [-0.25, -0.2) is 0 Å². The van der Waals surface area contributed by atoms with Crippen molar-refractivity contribution < 1.29 is 4.74 Å². The van der Waals surface area contributed by atoms with Crippen molar-refractivity contribution >= 4 is 0 Å². The third-order valence-electron chi connectivity index (χ3n) is 1.18. The van der Waals surface area contributed by atoms with Crippen LogP contribution in [0.25, 0.3) is 0 Å². The van der Waals surface area contributed by atoms with Gasteiger partial charge >= 0.3 is 0 Å². The number of ether oxygens (including phenoxy) is 1. The Balaban J connectivity index is 3.49. The van der Waals surface area contributed by atoms with Crippen LogP contribution < -0.4 is 5.32 Å². The monoisotopic (exact) mass is 143 g/mol. The Morgan fingerprint density at radius 3 is 2.50 bits per heavy atom. The minimum Gasteiger partial charge on any atom is -0.383 e. The van der Waals surface area contributed by atoms with Gasteiger partial charge in [0.1, 0.15) is 0 Å². The minimum absolute atomic E-state index is 0.282. The summed E-state index contributed by atoms with van der Waals surface area (Å²) in [6.07, 6.45) is 1.86. The summed E-state index contributed by atoms with van der Waals surface area (Å²) in [5.74, 6) is 0. The molecular formula is C8H17NO. The predicted molar refractivity (Wildman–Crippen MR) is 44.1 cm³/mol. The third kappa shape index (κ3) is 4.53. The van der Waals surface area contributed by atoms with Crippen LogP contribution in [0.4, 0.5) is 0 Å². The molecule has 1 atom stereocenters. The summed E-state index contributed by atoms with van der Waals surface area (Å²) in [5, 5.41) is 3.29. The SMILES string of the molecule is C=C[C@H](COC)NC(C)C. The second-order valence-electron chi connectivity index (χ2n) is 2.62. The second-order valence-corrected chi connectivity index (χ2v) is 2.62. The number of hydrogen-bond donors (Lipinski definition) is 1. The fourth-order valence-corrected chi connectivity index (χ4v) is 0.792. The number of nitrogens with one attached hydrogen (secondary N) is 1. The lowest BCUT2D eigenvalue weighted by Gasteiger charge is -2.16. The topological polar surface area (TPSA) is 21.3 Å². The van der Waals surface area contributed by atoms with E-state index in [9.17, 15) is 0 Å². The number of methoxy groups -OCH3 is 1. The van der Waals surface area contributed by atoms with E-state index >= 15 is 0 Å². The molecule has 0 saturated carbocycles. The second kappa shape index (κ2) is 5.45. The molecule has 0 aliphatic heterocycles. The average Bonchev–Trinajstić information content (AvgIpc) is 1.86. The van der Waals surface area contributed by atoms with Crippen LogP contribution in [-0.2, 0) is 4.74 Å². The van der Waals surface area contributed by atoms with E-state index in [1.165, 1.54) is 0 Å². The van der Waals surface area contributed by atoms with E-state index in [0.29, 0.717) is 12.6 Å². The molecule has 0 unspecified atom stereocenters. The van der Waals surface area contributed by atoms with Gasteiger partial charge in [-0.05, 0) is 0 Å². The molecule has 0 bridgehead atoms. The fraction of sp³-hybridized carbons (Fsp3) is 0.750. The first-order valence-electron chi connectivity index (χ1n) is 3.58. The van der Waals surface area contributed by atoms with Gasteiger partial charge in [-0.15, -0.1) is 6.58 Å². The van der Waals surface area contributed by atoms with Crippen LogP contribution in [0.15, 0.2) is 12.7 Å². The van der Waals surface area contributed by atoms with Crippen molar-refractivity contribution in [2.75, 3.05) is 13.7 Å². The van der Waals surface area contributed by atoms with E-state index in [0.717, 1.165) is 0 Å². The van der Waals surface area contributed by atoms with Crippen molar-refractivity contribution in [1.29, 1.82) is 0 Å². The summed E-state index contributed by atoms with van der Waals surface area (Å²) in [5.41, 5.74) is 0. The molecule has 0 amide bonds. The zero-order valence-electron chi connectivity index (χ0n) is 7.05. The first kappa shape index (κ1) is 9.66. The summed E-state index contributed by atoms with van der Waals surface area (Å²) in [6, 6.07) is 0.767.